The van der Waals surface area contributed by atoms with Gasteiger partial charge in [0.2, 0.25) is 5.60 Å². The molecule has 1 aliphatic rings. The maximum Gasteiger partial charge on any atom is 0.509 e. The van der Waals surface area contributed by atoms with Crippen molar-refractivity contribution in [3.8, 4) is 0 Å². The lowest BCUT2D eigenvalue weighted by molar-refractivity contribution is -0.157. The molecule has 0 spiro atoms. The molecule has 2 N–H and O–H groups in total. The van der Waals surface area contributed by atoms with Crippen LogP contribution in [0.2, 0.25) is 0 Å². The Morgan fingerprint density at radius 2 is 2.38 bits per heavy atom. The van der Waals surface area contributed by atoms with Gasteiger partial charge in [0.05, 0.1) is 6.10 Å². The third kappa shape index (κ3) is 1.89. The van der Waals surface area contributed by atoms with E-state index in [9.17, 15) is 9.59 Å². The van der Waals surface area contributed by atoms with E-state index in [1.165, 1.54) is 6.92 Å². The molecule has 0 amide bonds. The van der Waals surface area contributed by atoms with Crippen LogP contribution in [0, 0.1) is 0 Å². The molecule has 1 rings (SSSR count). The van der Waals surface area contributed by atoms with E-state index in [1.54, 1.807) is 0 Å². The largest absolute Gasteiger partial charge is 0.509 e. The van der Waals surface area contributed by atoms with Crippen molar-refractivity contribution in [2.75, 3.05) is 6.61 Å². The summed E-state index contributed by atoms with van der Waals surface area (Å²) in [7, 11) is 0. The fraction of sp³-hybridized carbons (Fsp3) is 0.714. The van der Waals surface area contributed by atoms with Crippen molar-refractivity contribution in [2.24, 2.45) is 0 Å². The van der Waals surface area contributed by atoms with E-state index in [1.807, 2.05) is 0 Å². The van der Waals surface area contributed by atoms with Crippen LogP contribution in [0.5, 0.6) is 0 Å². The van der Waals surface area contributed by atoms with Gasteiger partial charge in [-0.1, -0.05) is 0 Å². The van der Waals surface area contributed by atoms with E-state index in [-0.39, 0.29) is 13.0 Å². The molecular formula is C7H10O6. The van der Waals surface area contributed by atoms with Crippen molar-refractivity contribution >= 4 is 12.1 Å². The zero-order valence-electron chi connectivity index (χ0n) is 7.02. The van der Waals surface area contributed by atoms with Gasteiger partial charge in [-0.05, 0) is 6.92 Å². The molecule has 0 aromatic heterocycles. The highest BCUT2D eigenvalue weighted by molar-refractivity contribution is 5.82. The molecule has 0 bridgehead atoms. The molecule has 2 atom stereocenters. The molecule has 74 valence electrons. The lowest BCUT2D eigenvalue weighted by atomic mass is 9.98. The Morgan fingerprint density at radius 1 is 1.77 bits per heavy atom. The van der Waals surface area contributed by atoms with Crippen molar-refractivity contribution in [1.29, 1.82) is 0 Å². The molecule has 13 heavy (non-hydrogen) atoms. The summed E-state index contributed by atoms with van der Waals surface area (Å²) in [5.74, 6) is -1.31. The first-order valence-electron chi connectivity index (χ1n) is 3.73. The van der Waals surface area contributed by atoms with Crippen LogP contribution in [0.4, 0.5) is 4.79 Å². The first-order chi connectivity index (χ1) is 5.96. The average Bonchev–Trinajstić information content (AvgIpc) is 2.31. The molecule has 1 fully saturated rings. The van der Waals surface area contributed by atoms with Crippen LogP contribution in [0.1, 0.15) is 13.3 Å². The number of aliphatic hydroxyl groups excluding tert-OH is 1. The Kier molecular flexibility index (Phi) is 2.42. The molecule has 6 heteroatoms. The number of hydrogen-bond acceptors (Lipinski definition) is 5. The van der Waals surface area contributed by atoms with E-state index >= 15 is 0 Å². The fourth-order valence-electron chi connectivity index (χ4n) is 1.16. The van der Waals surface area contributed by atoms with Crippen LogP contribution >= 0.6 is 0 Å². The summed E-state index contributed by atoms with van der Waals surface area (Å²) in [5, 5.41) is 17.8. The first-order valence-corrected chi connectivity index (χ1v) is 3.73. The number of carboxylic acids is 1. The Hall–Kier alpha value is -1.30. The zero-order chi connectivity index (χ0) is 10.1. The molecule has 1 saturated heterocycles. The van der Waals surface area contributed by atoms with E-state index in [4.69, 9.17) is 10.2 Å². The molecule has 0 aliphatic carbocycles. The van der Waals surface area contributed by atoms with Gasteiger partial charge in [-0.25, -0.2) is 9.59 Å². The topological polar surface area (TPSA) is 93.1 Å². The number of hydrogen-bond donors (Lipinski definition) is 2. The minimum absolute atomic E-state index is 0.173. The molecule has 0 aromatic carbocycles. The lowest BCUT2D eigenvalue weighted by Crippen LogP contribution is -2.43. The molecule has 1 aliphatic heterocycles. The number of carbonyl (C=O) groups is 2. The number of aliphatic carboxylic acids is 1. The minimum atomic E-state index is -1.72. The molecule has 6 nitrogen and oxygen atoms in total. The number of ether oxygens (including phenoxy) is 2. The highest BCUT2D eigenvalue weighted by Gasteiger charge is 2.50. The maximum absolute atomic E-state index is 10.7. The van der Waals surface area contributed by atoms with Gasteiger partial charge in [0.15, 0.2) is 0 Å². The van der Waals surface area contributed by atoms with Crippen molar-refractivity contribution in [1.82, 2.24) is 0 Å². The maximum atomic E-state index is 10.7. The smallest absolute Gasteiger partial charge is 0.478 e. The predicted molar refractivity (Wildman–Crippen MR) is 39.1 cm³/mol. The summed E-state index contributed by atoms with van der Waals surface area (Å²) in [6.45, 7) is 1.06. The van der Waals surface area contributed by atoms with Gasteiger partial charge in [0.25, 0.3) is 0 Å². The van der Waals surface area contributed by atoms with Gasteiger partial charge in [-0.3, -0.25) is 0 Å². The molecule has 0 radical (unpaired) electrons. The highest BCUT2D eigenvalue weighted by atomic mass is 16.8. The van der Waals surface area contributed by atoms with Gasteiger partial charge in [-0.15, -0.1) is 0 Å². The second-order valence-electron chi connectivity index (χ2n) is 2.99. The Bertz CT molecular complexity index is 235. The quantitative estimate of drug-likeness (QED) is 0.596. The second-order valence-corrected chi connectivity index (χ2v) is 2.99. The lowest BCUT2D eigenvalue weighted by Gasteiger charge is -2.20. The van der Waals surface area contributed by atoms with Crippen molar-refractivity contribution in [2.45, 2.75) is 25.0 Å². The SMILES string of the molecule is CC(O)CC1(C(=O)O)COC(=O)O1. The fourth-order valence-corrected chi connectivity index (χ4v) is 1.16. The van der Waals surface area contributed by atoms with Crippen molar-refractivity contribution in [3.63, 3.8) is 0 Å². The average molecular weight is 190 g/mol. The van der Waals surface area contributed by atoms with Crippen molar-refractivity contribution in [3.05, 3.63) is 0 Å². The number of cyclic esters (lactones) is 2. The second kappa shape index (κ2) is 3.21. The summed E-state index contributed by atoms with van der Waals surface area (Å²) in [6.07, 6.45) is -2.05. The number of carbonyl (C=O) groups excluding carboxylic acids is 1. The summed E-state index contributed by atoms with van der Waals surface area (Å²) >= 11 is 0. The van der Waals surface area contributed by atoms with Crippen LogP contribution in [0.3, 0.4) is 0 Å². The van der Waals surface area contributed by atoms with Crippen LogP contribution in [0.15, 0.2) is 0 Å². The Balaban J connectivity index is 2.77. The van der Waals surface area contributed by atoms with Gasteiger partial charge >= 0.3 is 12.1 Å². The highest BCUT2D eigenvalue weighted by Crippen LogP contribution is 2.25. The monoisotopic (exact) mass is 190 g/mol. The van der Waals surface area contributed by atoms with Gasteiger partial charge in [0, 0.05) is 6.42 Å². The summed E-state index contributed by atoms with van der Waals surface area (Å²) in [5.41, 5.74) is -1.72. The summed E-state index contributed by atoms with van der Waals surface area (Å²) < 4.78 is 8.88. The molecule has 0 saturated carbocycles. The van der Waals surface area contributed by atoms with E-state index < -0.39 is 23.8 Å². The van der Waals surface area contributed by atoms with Crippen LogP contribution in [-0.2, 0) is 14.3 Å². The van der Waals surface area contributed by atoms with Gasteiger partial charge < -0.3 is 19.7 Å². The number of aliphatic hydroxyl groups is 1. The Labute approximate surface area is 74.1 Å². The summed E-state index contributed by atoms with van der Waals surface area (Å²) in [4.78, 5) is 21.3. The van der Waals surface area contributed by atoms with Crippen LogP contribution < -0.4 is 0 Å². The van der Waals surface area contributed by atoms with Crippen molar-refractivity contribution < 1.29 is 29.3 Å². The van der Waals surface area contributed by atoms with Crippen LogP contribution in [0.25, 0.3) is 0 Å². The Morgan fingerprint density at radius 3 is 2.69 bits per heavy atom. The zero-order valence-corrected chi connectivity index (χ0v) is 7.02. The molecule has 1 heterocycles. The summed E-state index contributed by atoms with van der Waals surface area (Å²) in [6, 6.07) is 0. The number of rotatable bonds is 3. The third-order valence-electron chi connectivity index (χ3n) is 1.72. The van der Waals surface area contributed by atoms with Gasteiger partial charge in [0.1, 0.15) is 6.61 Å². The molecular weight excluding hydrogens is 180 g/mol. The van der Waals surface area contributed by atoms with Crippen LogP contribution in [-0.4, -0.2) is 40.6 Å². The first kappa shape index (κ1) is 9.79. The predicted octanol–water partition coefficient (Wildman–Crippen LogP) is -0.253. The normalized spacial score (nSPS) is 29.2. The van der Waals surface area contributed by atoms with Gasteiger partial charge in [-0.2, -0.15) is 0 Å². The third-order valence-corrected chi connectivity index (χ3v) is 1.72. The van der Waals surface area contributed by atoms with E-state index in [2.05, 4.69) is 9.47 Å². The number of carboxylic acid groups (broad SMARTS) is 1. The van der Waals surface area contributed by atoms with E-state index in [0.29, 0.717) is 0 Å². The molecule has 2 unspecified atom stereocenters. The minimum Gasteiger partial charge on any atom is -0.478 e. The standard InChI is InChI=1S/C7H10O6/c1-4(8)2-7(5(9)10)3-12-6(11)13-7/h4,8H,2-3H2,1H3,(H,9,10). The van der Waals surface area contributed by atoms with E-state index in [0.717, 1.165) is 0 Å². The molecule has 0 aromatic rings.